The molecule has 1 aromatic heterocycles. The number of hydrogen-bond acceptors (Lipinski definition) is 6. The van der Waals surface area contributed by atoms with Gasteiger partial charge in [-0.15, -0.1) is 23.5 Å². The maximum atomic E-state index is 12.5. The van der Waals surface area contributed by atoms with Crippen molar-refractivity contribution in [3.05, 3.63) is 47.8 Å². The number of H-pyrrole nitrogens is 1. The SMILES string of the molecule is O=C(c1cc(S(=O)(=O)Oc2ccc(C3SCCS3)cc2)c[nH]1)N1CCCC1. The normalized spacial score (nSPS) is 18.1. The highest BCUT2D eigenvalue weighted by Crippen LogP contribution is 2.45. The molecule has 0 spiro atoms. The number of thioether (sulfide) groups is 2. The fourth-order valence-corrected chi connectivity index (χ4v) is 6.92. The van der Waals surface area contributed by atoms with Crippen LogP contribution in [0.1, 0.15) is 33.5 Å². The van der Waals surface area contributed by atoms with Crippen LogP contribution in [0.3, 0.4) is 0 Å². The lowest BCUT2D eigenvalue weighted by Crippen LogP contribution is -2.27. The van der Waals surface area contributed by atoms with Gasteiger partial charge < -0.3 is 14.1 Å². The highest BCUT2D eigenvalue weighted by atomic mass is 32.2. The number of amides is 1. The highest BCUT2D eigenvalue weighted by Gasteiger charge is 2.25. The van der Waals surface area contributed by atoms with Gasteiger partial charge in [-0.3, -0.25) is 4.79 Å². The molecule has 6 nitrogen and oxygen atoms in total. The number of carbonyl (C=O) groups excluding carboxylic acids is 1. The van der Waals surface area contributed by atoms with Crippen molar-refractivity contribution in [3.8, 4) is 5.75 Å². The van der Waals surface area contributed by atoms with E-state index in [1.54, 1.807) is 17.0 Å². The third-order valence-corrected chi connectivity index (χ3v) is 8.88. The minimum absolute atomic E-state index is 0.0453. The topological polar surface area (TPSA) is 79.5 Å². The van der Waals surface area contributed by atoms with Crippen LogP contribution >= 0.6 is 23.5 Å². The maximum Gasteiger partial charge on any atom is 0.340 e. The predicted octanol–water partition coefficient (Wildman–Crippen LogP) is 3.50. The van der Waals surface area contributed by atoms with Crippen molar-refractivity contribution in [1.29, 1.82) is 0 Å². The summed E-state index contributed by atoms with van der Waals surface area (Å²) >= 11 is 3.78. The van der Waals surface area contributed by atoms with Crippen molar-refractivity contribution in [3.63, 3.8) is 0 Å². The van der Waals surface area contributed by atoms with Gasteiger partial charge in [0.25, 0.3) is 5.91 Å². The zero-order valence-corrected chi connectivity index (χ0v) is 17.0. The molecule has 2 fully saturated rings. The summed E-state index contributed by atoms with van der Waals surface area (Å²) in [7, 11) is -3.99. The molecule has 0 unspecified atom stereocenters. The summed E-state index contributed by atoms with van der Waals surface area (Å²) in [5.41, 5.74) is 1.43. The van der Waals surface area contributed by atoms with E-state index < -0.39 is 10.1 Å². The summed E-state index contributed by atoms with van der Waals surface area (Å²) in [6.07, 6.45) is 3.27. The second kappa shape index (κ2) is 7.81. The lowest BCUT2D eigenvalue weighted by Gasteiger charge is -2.13. The van der Waals surface area contributed by atoms with Gasteiger partial charge in [-0.1, -0.05) is 12.1 Å². The van der Waals surface area contributed by atoms with Crippen LogP contribution in [0.25, 0.3) is 0 Å². The van der Waals surface area contributed by atoms with E-state index in [1.807, 2.05) is 35.7 Å². The molecular formula is C18H20N2O4S3. The first kappa shape index (κ1) is 18.8. The van der Waals surface area contributed by atoms with Crippen LogP contribution in [0.15, 0.2) is 41.4 Å². The van der Waals surface area contributed by atoms with Crippen LogP contribution in [0.2, 0.25) is 0 Å². The second-order valence-corrected chi connectivity index (χ2v) is 10.7. The molecule has 0 radical (unpaired) electrons. The fraction of sp³-hybridized carbons (Fsp3) is 0.389. The Balaban J connectivity index is 1.46. The van der Waals surface area contributed by atoms with E-state index in [2.05, 4.69) is 4.98 Å². The summed E-state index contributed by atoms with van der Waals surface area (Å²) in [5, 5.41) is 0. The maximum absolute atomic E-state index is 12.5. The van der Waals surface area contributed by atoms with Gasteiger partial charge in [-0.05, 0) is 36.6 Å². The summed E-state index contributed by atoms with van der Waals surface area (Å²) in [5.74, 6) is 2.35. The van der Waals surface area contributed by atoms with Gasteiger partial charge in [0.15, 0.2) is 0 Å². The number of hydrogen-bond donors (Lipinski definition) is 1. The standard InChI is InChI=1S/C18H20N2O4S3/c21-17(20-7-1-2-8-20)16-11-15(12-19-16)27(22,23)24-14-5-3-13(4-6-14)18-25-9-10-26-18/h3-6,11-12,18-19H,1-2,7-10H2. The van der Waals surface area contributed by atoms with Crippen molar-refractivity contribution >= 4 is 39.5 Å². The van der Waals surface area contributed by atoms with Gasteiger partial charge in [0.05, 0.1) is 4.58 Å². The third kappa shape index (κ3) is 4.14. The molecule has 0 aliphatic carbocycles. The number of benzene rings is 1. The Morgan fingerprint density at radius 3 is 2.44 bits per heavy atom. The number of carbonyl (C=O) groups is 1. The zero-order chi connectivity index (χ0) is 18.9. The van der Waals surface area contributed by atoms with E-state index in [9.17, 15) is 13.2 Å². The van der Waals surface area contributed by atoms with E-state index in [1.165, 1.54) is 12.3 Å². The molecular weight excluding hydrogens is 404 g/mol. The predicted molar refractivity (Wildman–Crippen MR) is 108 cm³/mol. The first-order valence-electron chi connectivity index (χ1n) is 8.78. The van der Waals surface area contributed by atoms with E-state index >= 15 is 0 Å². The second-order valence-electron chi connectivity index (χ2n) is 6.43. The van der Waals surface area contributed by atoms with Crippen molar-refractivity contribution in [2.75, 3.05) is 24.6 Å². The molecule has 27 heavy (non-hydrogen) atoms. The molecule has 0 bridgehead atoms. The Morgan fingerprint density at radius 2 is 1.78 bits per heavy atom. The first-order chi connectivity index (χ1) is 13.0. The molecule has 144 valence electrons. The van der Waals surface area contributed by atoms with Crippen molar-refractivity contribution in [2.45, 2.75) is 22.3 Å². The number of aromatic nitrogens is 1. The van der Waals surface area contributed by atoms with Gasteiger partial charge in [-0.25, -0.2) is 0 Å². The Hall–Kier alpha value is -1.58. The fourth-order valence-electron chi connectivity index (χ4n) is 3.14. The molecule has 2 aromatic rings. The number of aromatic amines is 1. The lowest BCUT2D eigenvalue weighted by molar-refractivity contribution is 0.0787. The van der Waals surface area contributed by atoms with E-state index in [0.717, 1.165) is 29.9 Å². The summed E-state index contributed by atoms with van der Waals surface area (Å²) in [4.78, 5) is 16.8. The van der Waals surface area contributed by atoms with Crippen molar-refractivity contribution in [1.82, 2.24) is 9.88 Å². The van der Waals surface area contributed by atoms with E-state index in [-0.39, 0.29) is 22.2 Å². The molecule has 9 heteroatoms. The molecule has 0 saturated carbocycles. The molecule has 3 heterocycles. The number of likely N-dealkylation sites (tertiary alicyclic amines) is 1. The highest BCUT2D eigenvalue weighted by molar-refractivity contribution is 8.19. The summed E-state index contributed by atoms with van der Waals surface area (Å²) in [6.45, 7) is 1.42. The number of rotatable bonds is 5. The Bertz CT molecular complexity index is 912. The Morgan fingerprint density at radius 1 is 1.11 bits per heavy atom. The third-order valence-electron chi connectivity index (χ3n) is 4.55. The molecule has 2 aliphatic rings. The quantitative estimate of drug-likeness (QED) is 0.740. The van der Waals surface area contributed by atoms with Gasteiger partial charge in [0, 0.05) is 30.8 Å². The Kier molecular flexibility index (Phi) is 5.43. The van der Waals surface area contributed by atoms with Crippen LogP contribution in [0.4, 0.5) is 0 Å². The Labute approximate surface area is 167 Å². The van der Waals surface area contributed by atoms with E-state index in [0.29, 0.717) is 17.7 Å². The lowest BCUT2D eigenvalue weighted by atomic mass is 10.2. The van der Waals surface area contributed by atoms with Gasteiger partial charge in [0.2, 0.25) is 0 Å². The van der Waals surface area contributed by atoms with Crippen LogP contribution in [0, 0.1) is 0 Å². The monoisotopic (exact) mass is 424 g/mol. The van der Waals surface area contributed by atoms with Crippen molar-refractivity contribution < 1.29 is 17.4 Å². The van der Waals surface area contributed by atoms with Crippen LogP contribution in [-0.4, -0.2) is 48.8 Å². The summed E-state index contributed by atoms with van der Waals surface area (Å²) in [6, 6.07) is 8.50. The van der Waals surface area contributed by atoms with Crippen LogP contribution < -0.4 is 4.18 Å². The minimum Gasteiger partial charge on any atom is -0.379 e. The van der Waals surface area contributed by atoms with Gasteiger partial charge >= 0.3 is 10.1 Å². The minimum atomic E-state index is -3.99. The molecule has 1 N–H and O–H groups in total. The summed E-state index contributed by atoms with van der Waals surface area (Å²) < 4.78 is 30.7. The van der Waals surface area contributed by atoms with E-state index in [4.69, 9.17) is 4.18 Å². The van der Waals surface area contributed by atoms with Crippen LogP contribution in [0.5, 0.6) is 5.75 Å². The zero-order valence-electron chi connectivity index (χ0n) is 14.6. The smallest absolute Gasteiger partial charge is 0.340 e. The molecule has 1 aromatic carbocycles. The number of nitrogens with one attached hydrogen (secondary N) is 1. The molecule has 1 amide bonds. The average molecular weight is 425 g/mol. The van der Waals surface area contributed by atoms with Gasteiger partial charge in [-0.2, -0.15) is 8.42 Å². The molecule has 4 rings (SSSR count). The largest absolute Gasteiger partial charge is 0.379 e. The molecule has 0 atom stereocenters. The van der Waals surface area contributed by atoms with Gasteiger partial charge in [0.1, 0.15) is 16.3 Å². The molecule has 2 aliphatic heterocycles. The van der Waals surface area contributed by atoms with Crippen molar-refractivity contribution in [2.24, 2.45) is 0 Å². The van der Waals surface area contributed by atoms with Crippen LogP contribution in [-0.2, 0) is 10.1 Å². The number of nitrogens with zero attached hydrogens (tertiary/aromatic N) is 1. The first-order valence-corrected chi connectivity index (χ1v) is 12.3. The average Bonchev–Trinajstić information content (AvgIpc) is 3.44. The molecule has 2 saturated heterocycles.